The van der Waals surface area contributed by atoms with Gasteiger partial charge in [-0.15, -0.1) is 0 Å². The van der Waals surface area contributed by atoms with Crippen LogP contribution >= 0.6 is 0 Å². The fourth-order valence-electron chi connectivity index (χ4n) is 14.1. The number of ether oxygens (including phenoxy) is 3. The number of ketones is 1. The van der Waals surface area contributed by atoms with Crippen molar-refractivity contribution in [3.63, 3.8) is 0 Å². The highest BCUT2D eigenvalue weighted by molar-refractivity contribution is 6.00. The number of carbonyl (C=O) groups excluding carboxylic acids is 2. The molecule has 9 atom stereocenters. The van der Waals surface area contributed by atoms with Gasteiger partial charge in [-0.3, -0.25) is 24.3 Å². The van der Waals surface area contributed by atoms with Crippen molar-refractivity contribution in [3.05, 3.63) is 41.2 Å². The highest BCUT2D eigenvalue weighted by Gasteiger charge is 2.71. The number of hydrogen-bond donors (Lipinski definition) is 1. The first-order chi connectivity index (χ1) is 28.1. The van der Waals surface area contributed by atoms with Gasteiger partial charge in [0, 0.05) is 56.7 Å². The van der Waals surface area contributed by atoms with E-state index >= 15 is 0 Å². The maximum absolute atomic E-state index is 14.6. The van der Waals surface area contributed by atoms with E-state index in [0.717, 1.165) is 82.3 Å². The molecule has 10 heteroatoms. The Kier molecular flexibility index (Phi) is 13.6. The topological polar surface area (TPSA) is 118 Å². The molecule has 9 unspecified atom stereocenters. The number of pyridine rings is 1. The van der Waals surface area contributed by atoms with E-state index in [9.17, 15) is 19.5 Å². The molecule has 10 nitrogen and oxygen atoms in total. The van der Waals surface area contributed by atoms with Gasteiger partial charge in [-0.05, 0) is 137 Å². The number of Topliss-reactive ketones (excluding diaryl/α,β-unsaturated/α-hetero) is 1. The Morgan fingerprint density at radius 1 is 0.933 bits per heavy atom. The molecule has 0 spiro atoms. The first-order valence-electron chi connectivity index (χ1n) is 23.2. The van der Waals surface area contributed by atoms with Crippen LogP contribution < -0.4 is 0 Å². The van der Waals surface area contributed by atoms with Crippen molar-refractivity contribution >= 4 is 17.7 Å². The third-order valence-corrected chi connectivity index (χ3v) is 17.5. The standard InChI is InChI=1S/C50H79N3O7/c1-33(2)42-36(54)29-50(40(59-28-27-58-12)32-53(26-25-52(10)11)31-34-15-13-14-24-51-34)23-22-48(8)35(43(42)50)16-17-38-47(7)20-19-39(60-41(55)30-45(3,4)44(56)57)46(5,6)37(47)18-21-49(38,48)9/h13-15,24,33,35,37-40H,16-23,25-32H2,1-12H3,(H,56,57). The monoisotopic (exact) mass is 834 g/mol. The molecule has 0 aromatic carbocycles. The minimum absolute atomic E-state index is 0.000982. The summed E-state index contributed by atoms with van der Waals surface area (Å²) in [5.74, 6) is 0.208. The number of carboxylic acid groups (broad SMARTS) is 1. The minimum atomic E-state index is -1.17. The number of methoxy groups -OCH3 is 1. The van der Waals surface area contributed by atoms with Crippen molar-refractivity contribution in [2.75, 3.05) is 54.1 Å². The Balaban J connectivity index is 1.33. The highest BCUT2D eigenvalue weighted by Crippen LogP contribution is 2.77. The summed E-state index contributed by atoms with van der Waals surface area (Å²) in [6, 6.07) is 6.13. The first kappa shape index (κ1) is 46.8. The van der Waals surface area contributed by atoms with Crippen LogP contribution in [0.5, 0.6) is 0 Å². The van der Waals surface area contributed by atoms with Gasteiger partial charge in [-0.1, -0.05) is 60.1 Å². The molecular formula is C50H79N3O7. The van der Waals surface area contributed by atoms with Crippen LogP contribution in [0.4, 0.5) is 0 Å². The molecule has 4 saturated carbocycles. The number of fused-ring (bicyclic) bond motifs is 7. The number of esters is 1. The van der Waals surface area contributed by atoms with Crippen LogP contribution in [0.25, 0.3) is 0 Å². The number of likely N-dealkylation sites (N-methyl/N-ethyl adjacent to an activating group) is 1. The van der Waals surface area contributed by atoms with E-state index < -0.39 is 17.4 Å². The zero-order valence-corrected chi connectivity index (χ0v) is 39.3. The number of rotatable bonds is 17. The molecular weight excluding hydrogens is 755 g/mol. The van der Waals surface area contributed by atoms with Crippen molar-refractivity contribution in [2.45, 2.75) is 145 Å². The van der Waals surface area contributed by atoms with Crippen LogP contribution in [0.2, 0.25) is 0 Å². The lowest BCUT2D eigenvalue weighted by atomic mass is 9.33. The molecule has 0 radical (unpaired) electrons. The van der Waals surface area contributed by atoms with Crippen molar-refractivity contribution in [1.82, 2.24) is 14.8 Å². The average Bonchev–Trinajstić information content (AvgIpc) is 3.48. The smallest absolute Gasteiger partial charge is 0.309 e. The first-order valence-corrected chi connectivity index (χ1v) is 23.2. The quantitative estimate of drug-likeness (QED) is 0.121. The van der Waals surface area contributed by atoms with Crippen LogP contribution in [-0.2, 0) is 35.1 Å². The number of carbonyl (C=O) groups is 3. The van der Waals surface area contributed by atoms with Crippen LogP contribution in [0, 0.1) is 56.2 Å². The molecule has 60 heavy (non-hydrogen) atoms. The molecule has 1 aromatic rings. The molecule has 5 aliphatic rings. The molecule has 0 saturated heterocycles. The Bertz CT molecular complexity index is 1760. The van der Waals surface area contributed by atoms with E-state index in [2.05, 4.69) is 84.5 Å². The number of carboxylic acids is 1. The van der Waals surface area contributed by atoms with Crippen LogP contribution in [-0.4, -0.2) is 104 Å². The maximum atomic E-state index is 14.6. The Labute approximate surface area is 361 Å². The number of aromatic nitrogens is 1. The van der Waals surface area contributed by atoms with Gasteiger partial charge in [0.2, 0.25) is 0 Å². The van der Waals surface area contributed by atoms with Gasteiger partial charge in [0.1, 0.15) is 6.10 Å². The molecule has 336 valence electrons. The summed E-state index contributed by atoms with van der Waals surface area (Å²) >= 11 is 0. The van der Waals surface area contributed by atoms with Crippen LogP contribution in [0.15, 0.2) is 35.5 Å². The van der Waals surface area contributed by atoms with Crippen molar-refractivity contribution in [2.24, 2.45) is 56.2 Å². The Morgan fingerprint density at radius 3 is 2.30 bits per heavy atom. The van der Waals surface area contributed by atoms with Gasteiger partial charge in [0.05, 0.1) is 36.8 Å². The van der Waals surface area contributed by atoms with Crippen LogP contribution in [0.3, 0.4) is 0 Å². The predicted octanol–water partition coefficient (Wildman–Crippen LogP) is 8.87. The normalized spacial score (nSPS) is 34.3. The van der Waals surface area contributed by atoms with Gasteiger partial charge in [-0.2, -0.15) is 0 Å². The van der Waals surface area contributed by atoms with E-state index in [1.165, 1.54) is 5.57 Å². The molecule has 1 N–H and O–H groups in total. The van der Waals surface area contributed by atoms with E-state index in [-0.39, 0.29) is 51.6 Å². The lowest BCUT2D eigenvalue weighted by molar-refractivity contribution is -0.236. The lowest BCUT2D eigenvalue weighted by Crippen LogP contribution is -2.66. The number of hydrogen-bond acceptors (Lipinski definition) is 9. The molecule has 1 heterocycles. The van der Waals surface area contributed by atoms with Crippen LogP contribution in [0.1, 0.15) is 132 Å². The summed E-state index contributed by atoms with van der Waals surface area (Å²) in [6.07, 6.45) is 9.93. The number of allylic oxidation sites excluding steroid dienone is 1. The largest absolute Gasteiger partial charge is 0.481 e. The summed E-state index contributed by atoms with van der Waals surface area (Å²) in [7, 11) is 5.97. The fourth-order valence-corrected chi connectivity index (χ4v) is 14.1. The maximum Gasteiger partial charge on any atom is 0.309 e. The van der Waals surface area contributed by atoms with Crippen molar-refractivity contribution in [3.8, 4) is 0 Å². The Hall–Kier alpha value is -2.66. The van der Waals surface area contributed by atoms with E-state index in [4.69, 9.17) is 19.2 Å². The molecule has 6 rings (SSSR count). The van der Waals surface area contributed by atoms with Gasteiger partial charge in [-0.25, -0.2) is 0 Å². The van der Waals surface area contributed by atoms with Gasteiger partial charge < -0.3 is 24.2 Å². The number of nitrogens with zero attached hydrogens (tertiary/aromatic N) is 3. The number of aliphatic carboxylic acids is 1. The summed E-state index contributed by atoms with van der Waals surface area (Å²) in [5.41, 5.74) is 1.87. The molecule has 0 amide bonds. The zero-order valence-electron chi connectivity index (χ0n) is 39.3. The summed E-state index contributed by atoms with van der Waals surface area (Å²) in [5, 5.41) is 9.69. The van der Waals surface area contributed by atoms with E-state index in [1.807, 2.05) is 12.3 Å². The second kappa shape index (κ2) is 17.5. The average molecular weight is 834 g/mol. The van der Waals surface area contributed by atoms with E-state index in [1.54, 1.807) is 21.0 Å². The highest BCUT2D eigenvalue weighted by atomic mass is 16.5. The Morgan fingerprint density at radius 2 is 1.67 bits per heavy atom. The summed E-state index contributed by atoms with van der Waals surface area (Å²) in [6.45, 7) is 24.2. The minimum Gasteiger partial charge on any atom is -0.481 e. The summed E-state index contributed by atoms with van der Waals surface area (Å²) in [4.78, 5) is 49.2. The second-order valence-corrected chi connectivity index (χ2v) is 22.3. The molecule has 1 aromatic heterocycles. The molecule has 0 aliphatic heterocycles. The zero-order chi connectivity index (χ0) is 44.1. The van der Waals surface area contributed by atoms with Crippen molar-refractivity contribution in [1.29, 1.82) is 0 Å². The third-order valence-electron chi connectivity index (χ3n) is 17.5. The van der Waals surface area contributed by atoms with Gasteiger partial charge in [0.25, 0.3) is 0 Å². The van der Waals surface area contributed by atoms with Crippen molar-refractivity contribution < 1.29 is 33.7 Å². The fraction of sp³-hybridized carbons (Fsp3) is 0.800. The van der Waals surface area contributed by atoms with Gasteiger partial charge in [0.15, 0.2) is 5.78 Å². The SMILES string of the molecule is COCCOC(CN(CCN(C)C)Cc1ccccn1)C12CCC3(C)C(CCC4C5(C)CCC(OC(=O)CC(C)(C)C(=O)O)C(C)(C)C5CCC43C)C1=C(C(C)C)C(=O)C2. The predicted molar refractivity (Wildman–Crippen MR) is 235 cm³/mol. The van der Waals surface area contributed by atoms with E-state index in [0.29, 0.717) is 49.7 Å². The molecule has 5 aliphatic carbocycles. The second-order valence-electron chi connectivity index (χ2n) is 22.3. The van der Waals surface area contributed by atoms with Gasteiger partial charge >= 0.3 is 11.9 Å². The lowest BCUT2D eigenvalue weighted by Gasteiger charge is -2.72. The molecule has 0 bridgehead atoms. The summed E-state index contributed by atoms with van der Waals surface area (Å²) < 4.78 is 18.9. The molecule has 4 fully saturated rings. The third kappa shape index (κ3) is 8.30.